The highest BCUT2D eigenvalue weighted by atomic mass is 19.4. The van der Waals surface area contributed by atoms with Gasteiger partial charge in [-0.05, 0) is 31.2 Å². The predicted octanol–water partition coefficient (Wildman–Crippen LogP) is 3.79. The molecule has 2 N–H and O–H groups in total. The number of carbonyl (C=O) groups is 2. The molecule has 2 aromatic carbocycles. The standard InChI is InChI=1S/C21H19F3N2O4/c1-2-29-17-9-5-6-13-10-14(11-30-18(13)17)19(27)26-16-8-4-3-7-15(16)20(28)25-12-21(22,23)24/h3-10H,2,11-12H2,1H3,(H,25,28)(H,26,27). The van der Waals surface area contributed by atoms with Crippen LogP contribution in [0.3, 0.4) is 0 Å². The molecule has 0 saturated heterocycles. The molecule has 0 saturated carbocycles. The number of nitrogens with one attached hydrogen (secondary N) is 2. The Morgan fingerprint density at radius 3 is 2.60 bits per heavy atom. The van der Waals surface area contributed by atoms with Crippen LogP contribution in [0, 0.1) is 0 Å². The van der Waals surface area contributed by atoms with Gasteiger partial charge in [-0.1, -0.05) is 24.3 Å². The number of benzene rings is 2. The van der Waals surface area contributed by atoms with Crippen molar-refractivity contribution in [2.45, 2.75) is 13.1 Å². The second-order valence-electron chi connectivity index (χ2n) is 6.36. The fraction of sp³-hybridized carbons (Fsp3) is 0.238. The van der Waals surface area contributed by atoms with E-state index in [4.69, 9.17) is 9.47 Å². The van der Waals surface area contributed by atoms with Crippen LogP contribution < -0.4 is 20.1 Å². The van der Waals surface area contributed by atoms with Gasteiger partial charge in [0.1, 0.15) is 13.2 Å². The lowest BCUT2D eigenvalue weighted by molar-refractivity contribution is -0.123. The summed E-state index contributed by atoms with van der Waals surface area (Å²) in [5.74, 6) is -0.373. The van der Waals surface area contributed by atoms with Gasteiger partial charge in [-0.15, -0.1) is 0 Å². The maximum atomic E-state index is 12.7. The zero-order valence-electron chi connectivity index (χ0n) is 16.0. The van der Waals surface area contributed by atoms with Crippen molar-refractivity contribution in [3.63, 3.8) is 0 Å². The van der Waals surface area contributed by atoms with E-state index in [1.807, 2.05) is 6.92 Å². The molecule has 1 aliphatic rings. The van der Waals surface area contributed by atoms with Gasteiger partial charge in [0.2, 0.25) is 0 Å². The Bertz CT molecular complexity index is 986. The number of halogens is 3. The van der Waals surface area contributed by atoms with Crippen LogP contribution in [0.15, 0.2) is 48.0 Å². The van der Waals surface area contributed by atoms with Gasteiger partial charge in [0.25, 0.3) is 11.8 Å². The highest BCUT2D eigenvalue weighted by Crippen LogP contribution is 2.36. The Balaban J connectivity index is 1.77. The Kier molecular flexibility index (Phi) is 6.29. The summed E-state index contributed by atoms with van der Waals surface area (Å²) in [7, 11) is 0. The molecule has 0 radical (unpaired) electrons. The molecule has 0 aliphatic carbocycles. The molecule has 2 aromatic rings. The molecule has 9 heteroatoms. The third kappa shape index (κ3) is 5.11. The zero-order chi connectivity index (χ0) is 21.7. The maximum Gasteiger partial charge on any atom is 0.405 e. The minimum Gasteiger partial charge on any atom is -0.490 e. The smallest absolute Gasteiger partial charge is 0.405 e. The fourth-order valence-corrected chi connectivity index (χ4v) is 2.85. The molecule has 2 amide bonds. The summed E-state index contributed by atoms with van der Waals surface area (Å²) in [6, 6.07) is 11.1. The van der Waals surface area contributed by atoms with Gasteiger partial charge in [0, 0.05) is 5.56 Å². The van der Waals surface area contributed by atoms with Gasteiger partial charge in [-0.2, -0.15) is 13.2 Å². The number of amides is 2. The number of hydrogen-bond donors (Lipinski definition) is 2. The highest BCUT2D eigenvalue weighted by molar-refractivity contribution is 6.11. The monoisotopic (exact) mass is 420 g/mol. The first-order chi connectivity index (χ1) is 14.3. The van der Waals surface area contributed by atoms with E-state index in [1.54, 1.807) is 35.7 Å². The van der Waals surface area contributed by atoms with Crippen LogP contribution in [-0.2, 0) is 4.79 Å². The first-order valence-electron chi connectivity index (χ1n) is 9.13. The van der Waals surface area contributed by atoms with Crippen LogP contribution in [-0.4, -0.2) is 37.7 Å². The summed E-state index contributed by atoms with van der Waals surface area (Å²) < 4.78 is 48.3. The quantitative estimate of drug-likeness (QED) is 0.746. The normalized spacial score (nSPS) is 12.9. The first-order valence-corrected chi connectivity index (χ1v) is 9.13. The average Bonchev–Trinajstić information content (AvgIpc) is 2.72. The summed E-state index contributed by atoms with van der Waals surface area (Å²) >= 11 is 0. The van der Waals surface area contributed by atoms with Crippen LogP contribution in [0.5, 0.6) is 11.5 Å². The Morgan fingerprint density at radius 2 is 1.87 bits per heavy atom. The van der Waals surface area contributed by atoms with Crippen molar-refractivity contribution >= 4 is 23.6 Å². The van der Waals surface area contributed by atoms with Gasteiger partial charge in [0.15, 0.2) is 11.5 Å². The SMILES string of the molecule is CCOc1cccc2c1OCC(C(=O)Nc1ccccc1C(=O)NCC(F)(F)F)=C2. The van der Waals surface area contributed by atoms with E-state index in [-0.39, 0.29) is 17.9 Å². The number of anilines is 1. The minimum absolute atomic E-state index is 0.0225. The van der Waals surface area contributed by atoms with E-state index in [1.165, 1.54) is 18.2 Å². The first kappa shape index (κ1) is 21.2. The van der Waals surface area contributed by atoms with E-state index in [2.05, 4.69) is 5.32 Å². The second kappa shape index (κ2) is 8.89. The van der Waals surface area contributed by atoms with Crippen LogP contribution >= 0.6 is 0 Å². The van der Waals surface area contributed by atoms with Gasteiger partial charge in [0.05, 0.1) is 23.4 Å². The van der Waals surface area contributed by atoms with E-state index in [0.717, 1.165) is 0 Å². The lowest BCUT2D eigenvalue weighted by Crippen LogP contribution is -2.34. The molecule has 6 nitrogen and oxygen atoms in total. The number of alkyl halides is 3. The van der Waals surface area contributed by atoms with Crippen LogP contribution in [0.1, 0.15) is 22.8 Å². The maximum absolute atomic E-state index is 12.7. The summed E-state index contributed by atoms with van der Waals surface area (Å²) in [5.41, 5.74) is 0.971. The highest BCUT2D eigenvalue weighted by Gasteiger charge is 2.28. The van der Waals surface area contributed by atoms with Gasteiger partial charge < -0.3 is 20.1 Å². The number of rotatable bonds is 6. The molecule has 158 valence electrons. The predicted molar refractivity (Wildman–Crippen MR) is 105 cm³/mol. The minimum atomic E-state index is -4.54. The molecular weight excluding hydrogens is 401 g/mol. The molecule has 0 bridgehead atoms. The van der Waals surface area contributed by atoms with Crippen molar-refractivity contribution < 1.29 is 32.2 Å². The lowest BCUT2D eigenvalue weighted by atomic mass is 10.1. The Morgan fingerprint density at radius 1 is 1.10 bits per heavy atom. The van der Waals surface area contributed by atoms with E-state index in [9.17, 15) is 22.8 Å². The van der Waals surface area contributed by atoms with E-state index >= 15 is 0 Å². The largest absolute Gasteiger partial charge is 0.490 e. The molecule has 30 heavy (non-hydrogen) atoms. The summed E-state index contributed by atoms with van der Waals surface area (Å²) in [4.78, 5) is 24.8. The summed E-state index contributed by atoms with van der Waals surface area (Å²) in [6.45, 7) is 0.820. The molecule has 1 heterocycles. The molecule has 0 aromatic heterocycles. The van der Waals surface area contributed by atoms with E-state index < -0.39 is 24.5 Å². The van der Waals surface area contributed by atoms with Crippen LogP contribution in [0.2, 0.25) is 0 Å². The summed E-state index contributed by atoms with van der Waals surface area (Å²) in [5, 5.41) is 4.36. The lowest BCUT2D eigenvalue weighted by Gasteiger charge is -2.20. The van der Waals surface area contributed by atoms with Crippen molar-refractivity contribution in [1.82, 2.24) is 5.32 Å². The fourth-order valence-electron chi connectivity index (χ4n) is 2.85. The third-order valence-corrected chi connectivity index (χ3v) is 4.17. The van der Waals surface area contributed by atoms with Crippen molar-refractivity contribution in [3.8, 4) is 11.5 Å². The topological polar surface area (TPSA) is 76.7 Å². The number of para-hydroxylation sites is 2. The molecule has 0 fully saturated rings. The van der Waals surface area contributed by atoms with Crippen LogP contribution in [0.25, 0.3) is 6.08 Å². The average molecular weight is 420 g/mol. The number of carbonyl (C=O) groups excluding carboxylic acids is 2. The number of hydrogen-bond acceptors (Lipinski definition) is 4. The third-order valence-electron chi connectivity index (χ3n) is 4.17. The number of fused-ring (bicyclic) bond motifs is 1. The van der Waals surface area contributed by atoms with Crippen molar-refractivity contribution in [3.05, 3.63) is 59.2 Å². The second-order valence-corrected chi connectivity index (χ2v) is 6.36. The van der Waals surface area contributed by atoms with Crippen molar-refractivity contribution in [2.24, 2.45) is 0 Å². The van der Waals surface area contributed by atoms with Crippen molar-refractivity contribution in [1.29, 1.82) is 0 Å². The Labute approximate surface area is 170 Å². The zero-order valence-corrected chi connectivity index (χ0v) is 16.0. The molecule has 0 atom stereocenters. The molecule has 1 aliphatic heterocycles. The van der Waals surface area contributed by atoms with Crippen LogP contribution in [0.4, 0.5) is 18.9 Å². The molecular formula is C21H19F3N2O4. The van der Waals surface area contributed by atoms with Gasteiger partial charge in [-0.25, -0.2) is 0 Å². The summed E-state index contributed by atoms with van der Waals surface area (Å²) in [6.07, 6.45) is -2.89. The van der Waals surface area contributed by atoms with Crippen molar-refractivity contribution in [2.75, 3.05) is 25.1 Å². The molecule has 0 unspecified atom stereocenters. The number of ether oxygens (including phenoxy) is 2. The van der Waals surface area contributed by atoms with E-state index in [0.29, 0.717) is 29.2 Å². The van der Waals surface area contributed by atoms with Gasteiger partial charge in [-0.3, -0.25) is 9.59 Å². The Hall–Kier alpha value is -3.49. The van der Waals surface area contributed by atoms with Gasteiger partial charge >= 0.3 is 6.18 Å². The molecule has 0 spiro atoms. The molecule has 3 rings (SSSR count).